The topological polar surface area (TPSA) is 41.1 Å². The van der Waals surface area contributed by atoms with E-state index in [0.29, 0.717) is 6.54 Å². The highest BCUT2D eigenvalue weighted by molar-refractivity contribution is 9.11. The van der Waals surface area contributed by atoms with Crippen molar-refractivity contribution in [2.75, 3.05) is 19.6 Å². The van der Waals surface area contributed by atoms with Gasteiger partial charge < -0.3 is 10.6 Å². The molecule has 3 nitrogen and oxygen atoms in total. The third-order valence-electron chi connectivity index (χ3n) is 2.89. The molecule has 0 saturated carbocycles. The van der Waals surface area contributed by atoms with E-state index in [2.05, 4.69) is 40.1 Å². The SMILES string of the molecule is C=C(Br)CNC(=O)C1(CCC)CCNC1. The van der Waals surface area contributed by atoms with Crippen molar-refractivity contribution in [1.82, 2.24) is 10.6 Å². The van der Waals surface area contributed by atoms with Crippen LogP contribution < -0.4 is 10.6 Å². The predicted octanol–water partition coefficient (Wildman–Crippen LogP) is 1.79. The van der Waals surface area contributed by atoms with Crippen molar-refractivity contribution in [3.63, 3.8) is 0 Å². The highest BCUT2D eigenvalue weighted by atomic mass is 79.9. The predicted molar refractivity (Wildman–Crippen MR) is 65.9 cm³/mol. The van der Waals surface area contributed by atoms with Crippen molar-refractivity contribution in [2.45, 2.75) is 26.2 Å². The maximum absolute atomic E-state index is 12.0. The molecule has 86 valence electrons. The summed E-state index contributed by atoms with van der Waals surface area (Å²) in [7, 11) is 0. The third-order valence-corrected chi connectivity index (χ3v) is 3.18. The Morgan fingerprint density at radius 3 is 2.87 bits per heavy atom. The minimum atomic E-state index is -0.183. The number of nitrogens with one attached hydrogen (secondary N) is 2. The second-order valence-electron chi connectivity index (χ2n) is 4.16. The Morgan fingerprint density at radius 1 is 1.67 bits per heavy atom. The van der Waals surface area contributed by atoms with Crippen LogP contribution in [-0.4, -0.2) is 25.5 Å². The van der Waals surface area contributed by atoms with Crippen LogP contribution >= 0.6 is 15.9 Å². The summed E-state index contributed by atoms with van der Waals surface area (Å²) in [6, 6.07) is 0. The van der Waals surface area contributed by atoms with Crippen molar-refractivity contribution in [3.8, 4) is 0 Å². The summed E-state index contributed by atoms with van der Waals surface area (Å²) in [6.07, 6.45) is 2.95. The molecule has 15 heavy (non-hydrogen) atoms. The van der Waals surface area contributed by atoms with E-state index in [0.717, 1.165) is 36.8 Å². The molecule has 0 aromatic carbocycles. The van der Waals surface area contributed by atoms with Gasteiger partial charge in [-0.15, -0.1) is 0 Å². The zero-order valence-corrected chi connectivity index (χ0v) is 10.8. The first-order valence-electron chi connectivity index (χ1n) is 5.43. The maximum atomic E-state index is 12.0. The van der Waals surface area contributed by atoms with Gasteiger partial charge in [0.25, 0.3) is 0 Å². The maximum Gasteiger partial charge on any atom is 0.227 e. The van der Waals surface area contributed by atoms with Crippen molar-refractivity contribution in [1.29, 1.82) is 0 Å². The fourth-order valence-electron chi connectivity index (χ4n) is 2.11. The van der Waals surface area contributed by atoms with E-state index in [4.69, 9.17) is 0 Å². The Balaban J connectivity index is 2.55. The number of halogens is 1. The number of rotatable bonds is 5. The van der Waals surface area contributed by atoms with Gasteiger partial charge in [0.2, 0.25) is 5.91 Å². The number of carbonyl (C=O) groups is 1. The molecule has 1 saturated heterocycles. The molecule has 0 bridgehead atoms. The summed E-state index contributed by atoms with van der Waals surface area (Å²) in [4.78, 5) is 12.0. The summed E-state index contributed by atoms with van der Waals surface area (Å²) >= 11 is 3.24. The molecular formula is C11H19BrN2O. The standard InChI is InChI=1S/C11H19BrN2O/c1-3-4-11(5-6-13-8-11)10(15)14-7-9(2)12/h13H,2-8H2,1H3,(H,14,15). The van der Waals surface area contributed by atoms with Crippen LogP contribution in [0.2, 0.25) is 0 Å². The smallest absolute Gasteiger partial charge is 0.227 e. The summed E-state index contributed by atoms with van der Waals surface area (Å²) in [5, 5.41) is 6.20. The van der Waals surface area contributed by atoms with E-state index in [9.17, 15) is 4.79 Å². The zero-order chi connectivity index (χ0) is 11.3. The van der Waals surface area contributed by atoms with Crippen molar-refractivity contribution in [3.05, 3.63) is 11.1 Å². The summed E-state index contributed by atoms with van der Waals surface area (Å²) in [5.41, 5.74) is -0.183. The van der Waals surface area contributed by atoms with Crippen LogP contribution in [0.3, 0.4) is 0 Å². The van der Waals surface area contributed by atoms with E-state index in [1.165, 1.54) is 0 Å². The molecule has 0 spiro atoms. The lowest BCUT2D eigenvalue weighted by Gasteiger charge is -2.26. The lowest BCUT2D eigenvalue weighted by atomic mass is 9.81. The number of hydrogen-bond donors (Lipinski definition) is 2. The van der Waals surface area contributed by atoms with Gasteiger partial charge >= 0.3 is 0 Å². The fraction of sp³-hybridized carbons (Fsp3) is 0.727. The van der Waals surface area contributed by atoms with Gasteiger partial charge in [-0.1, -0.05) is 35.9 Å². The van der Waals surface area contributed by atoms with E-state index < -0.39 is 0 Å². The lowest BCUT2D eigenvalue weighted by Crippen LogP contribution is -2.42. The summed E-state index contributed by atoms with van der Waals surface area (Å²) in [5.74, 6) is 0.162. The van der Waals surface area contributed by atoms with Crippen LogP contribution in [0, 0.1) is 5.41 Å². The Kier molecular flexibility index (Phi) is 4.80. The highest BCUT2D eigenvalue weighted by Gasteiger charge is 2.39. The number of carbonyl (C=O) groups excluding carboxylic acids is 1. The van der Waals surface area contributed by atoms with Gasteiger partial charge in [0.15, 0.2) is 0 Å². The Hall–Kier alpha value is -0.350. The molecule has 1 aliphatic heterocycles. The molecule has 1 unspecified atom stereocenters. The van der Waals surface area contributed by atoms with Crippen molar-refractivity contribution in [2.24, 2.45) is 5.41 Å². The molecule has 2 N–H and O–H groups in total. The Labute approximate surface area is 99.8 Å². The van der Waals surface area contributed by atoms with Gasteiger partial charge in [-0.2, -0.15) is 0 Å². The highest BCUT2D eigenvalue weighted by Crippen LogP contribution is 2.31. The average Bonchev–Trinajstić information content (AvgIpc) is 2.64. The molecule has 1 atom stereocenters. The first-order chi connectivity index (χ1) is 7.10. The number of amides is 1. The van der Waals surface area contributed by atoms with Crippen molar-refractivity contribution >= 4 is 21.8 Å². The van der Waals surface area contributed by atoms with Crippen LogP contribution in [0.5, 0.6) is 0 Å². The zero-order valence-electron chi connectivity index (χ0n) is 9.24. The normalized spacial score (nSPS) is 25.2. The van der Waals surface area contributed by atoms with Gasteiger partial charge in [0.05, 0.1) is 5.41 Å². The van der Waals surface area contributed by atoms with E-state index in [1.807, 2.05) is 0 Å². The Bertz CT molecular complexity index is 247. The quantitative estimate of drug-likeness (QED) is 0.803. The molecule has 1 aliphatic rings. The average molecular weight is 275 g/mol. The van der Waals surface area contributed by atoms with Gasteiger partial charge in [0, 0.05) is 17.6 Å². The van der Waals surface area contributed by atoms with Crippen LogP contribution in [-0.2, 0) is 4.79 Å². The van der Waals surface area contributed by atoms with Crippen LogP contribution in [0.25, 0.3) is 0 Å². The molecular weight excluding hydrogens is 256 g/mol. The van der Waals surface area contributed by atoms with E-state index in [1.54, 1.807) is 0 Å². The second-order valence-corrected chi connectivity index (χ2v) is 5.28. The fourth-order valence-corrected chi connectivity index (χ4v) is 2.25. The molecule has 1 heterocycles. The molecule has 1 fully saturated rings. The molecule has 0 radical (unpaired) electrons. The largest absolute Gasteiger partial charge is 0.351 e. The number of hydrogen-bond acceptors (Lipinski definition) is 2. The molecule has 1 rings (SSSR count). The van der Waals surface area contributed by atoms with Gasteiger partial charge in [0.1, 0.15) is 0 Å². The summed E-state index contributed by atoms with van der Waals surface area (Å²) in [6.45, 7) is 8.10. The first kappa shape index (κ1) is 12.7. The third kappa shape index (κ3) is 3.31. The minimum Gasteiger partial charge on any atom is -0.351 e. The van der Waals surface area contributed by atoms with Crippen molar-refractivity contribution < 1.29 is 4.79 Å². The molecule has 0 aromatic heterocycles. The second kappa shape index (κ2) is 5.66. The summed E-state index contributed by atoms with van der Waals surface area (Å²) < 4.78 is 0.813. The monoisotopic (exact) mass is 274 g/mol. The van der Waals surface area contributed by atoms with Gasteiger partial charge in [-0.3, -0.25) is 4.79 Å². The van der Waals surface area contributed by atoms with Crippen LogP contribution in [0.4, 0.5) is 0 Å². The Morgan fingerprint density at radius 2 is 2.40 bits per heavy atom. The van der Waals surface area contributed by atoms with Gasteiger partial charge in [-0.25, -0.2) is 0 Å². The first-order valence-corrected chi connectivity index (χ1v) is 6.22. The minimum absolute atomic E-state index is 0.162. The molecule has 0 aromatic rings. The van der Waals surface area contributed by atoms with Crippen LogP contribution in [0.1, 0.15) is 26.2 Å². The van der Waals surface area contributed by atoms with E-state index in [-0.39, 0.29) is 11.3 Å². The molecule has 0 aliphatic carbocycles. The van der Waals surface area contributed by atoms with Crippen LogP contribution in [0.15, 0.2) is 11.1 Å². The van der Waals surface area contributed by atoms with Gasteiger partial charge in [-0.05, 0) is 19.4 Å². The molecule has 1 amide bonds. The van der Waals surface area contributed by atoms with E-state index >= 15 is 0 Å². The lowest BCUT2D eigenvalue weighted by molar-refractivity contribution is -0.130. The molecule has 4 heteroatoms.